The monoisotopic (exact) mass is 353 g/mol. The first kappa shape index (κ1) is 18.6. The molecular formula is C22H27NO3. The molecule has 2 atom stereocenters. The Morgan fingerprint density at radius 2 is 1.69 bits per heavy atom. The van der Waals surface area contributed by atoms with E-state index in [0.29, 0.717) is 18.5 Å². The van der Waals surface area contributed by atoms with Crippen molar-refractivity contribution in [2.75, 3.05) is 19.7 Å². The summed E-state index contributed by atoms with van der Waals surface area (Å²) >= 11 is 0. The number of likely N-dealkylation sites (tertiary alicyclic amines) is 1. The Morgan fingerprint density at radius 3 is 2.23 bits per heavy atom. The first-order chi connectivity index (χ1) is 12.6. The Bertz CT molecular complexity index is 724. The topological polar surface area (TPSA) is 60.8 Å². The van der Waals surface area contributed by atoms with E-state index in [1.54, 1.807) is 4.90 Å². The molecule has 138 valence electrons. The second-order valence-corrected chi connectivity index (χ2v) is 7.07. The average molecular weight is 353 g/mol. The Balaban J connectivity index is 1.68. The Morgan fingerprint density at radius 1 is 1.08 bits per heavy atom. The van der Waals surface area contributed by atoms with E-state index < -0.39 is 6.10 Å². The van der Waals surface area contributed by atoms with Gasteiger partial charge in [0.25, 0.3) is 5.91 Å². The molecule has 1 amide bonds. The van der Waals surface area contributed by atoms with Crippen LogP contribution in [0.15, 0.2) is 48.5 Å². The number of benzene rings is 2. The number of aliphatic hydroxyl groups is 2. The number of β-amino-alcohol motifs (C(OH)–C–C–N with tert-alkyl or cyclic N) is 1. The fourth-order valence-corrected chi connectivity index (χ4v) is 3.52. The van der Waals surface area contributed by atoms with Gasteiger partial charge in [0.2, 0.25) is 0 Å². The highest BCUT2D eigenvalue weighted by Gasteiger charge is 2.30. The molecule has 2 aromatic rings. The Hall–Kier alpha value is -2.17. The zero-order chi connectivity index (χ0) is 18.5. The van der Waals surface area contributed by atoms with E-state index in [0.717, 1.165) is 24.0 Å². The molecule has 0 aromatic heterocycles. The van der Waals surface area contributed by atoms with Gasteiger partial charge in [0.1, 0.15) is 0 Å². The van der Waals surface area contributed by atoms with Crippen LogP contribution < -0.4 is 0 Å². The molecule has 1 fully saturated rings. The molecule has 0 aliphatic carbocycles. The standard InChI is InChI=1S/C22H27NO3/c1-2-3-16-4-6-17(7-5-16)18-8-10-19(11-9-18)22(26)23-13-12-20(15-24)21(25)14-23/h4-11,20-21,24-25H,2-3,12-15H2,1H3/t20-,21+/m1/s1. The van der Waals surface area contributed by atoms with E-state index in [1.165, 1.54) is 5.56 Å². The summed E-state index contributed by atoms with van der Waals surface area (Å²) in [6.45, 7) is 3.00. The van der Waals surface area contributed by atoms with Gasteiger partial charge in [-0.3, -0.25) is 4.79 Å². The van der Waals surface area contributed by atoms with Crippen LogP contribution in [-0.2, 0) is 6.42 Å². The van der Waals surface area contributed by atoms with Gasteiger partial charge in [-0.15, -0.1) is 0 Å². The van der Waals surface area contributed by atoms with Gasteiger partial charge >= 0.3 is 0 Å². The highest BCUT2D eigenvalue weighted by Crippen LogP contribution is 2.23. The van der Waals surface area contributed by atoms with Crippen LogP contribution in [0.2, 0.25) is 0 Å². The molecule has 1 heterocycles. The highest BCUT2D eigenvalue weighted by atomic mass is 16.3. The second kappa shape index (κ2) is 8.47. The molecule has 0 radical (unpaired) electrons. The maximum absolute atomic E-state index is 12.7. The minimum absolute atomic E-state index is 0.0328. The predicted octanol–water partition coefficient (Wildman–Crippen LogP) is 3.12. The van der Waals surface area contributed by atoms with Gasteiger partial charge in [-0.1, -0.05) is 49.7 Å². The van der Waals surface area contributed by atoms with E-state index in [-0.39, 0.29) is 25.0 Å². The molecule has 0 bridgehead atoms. The summed E-state index contributed by atoms with van der Waals surface area (Å²) in [5.74, 6) is -0.192. The SMILES string of the molecule is CCCc1ccc(-c2ccc(C(=O)N3CC[C@H](CO)[C@@H](O)C3)cc2)cc1. The number of aryl methyl sites for hydroxylation is 1. The lowest BCUT2D eigenvalue weighted by Crippen LogP contribution is -2.47. The van der Waals surface area contributed by atoms with Crippen LogP contribution >= 0.6 is 0 Å². The smallest absolute Gasteiger partial charge is 0.253 e. The molecule has 0 unspecified atom stereocenters. The average Bonchev–Trinajstić information content (AvgIpc) is 2.68. The van der Waals surface area contributed by atoms with Crippen molar-refractivity contribution in [3.8, 4) is 11.1 Å². The highest BCUT2D eigenvalue weighted by molar-refractivity contribution is 5.94. The van der Waals surface area contributed by atoms with Crippen molar-refractivity contribution >= 4 is 5.91 Å². The zero-order valence-corrected chi connectivity index (χ0v) is 15.3. The number of carbonyl (C=O) groups excluding carboxylic acids is 1. The lowest BCUT2D eigenvalue weighted by Gasteiger charge is -2.35. The van der Waals surface area contributed by atoms with Crippen LogP contribution in [0.4, 0.5) is 0 Å². The first-order valence-corrected chi connectivity index (χ1v) is 9.40. The summed E-state index contributed by atoms with van der Waals surface area (Å²) in [6.07, 6.45) is 2.21. The first-order valence-electron chi connectivity index (χ1n) is 9.40. The summed E-state index contributed by atoms with van der Waals surface area (Å²) in [7, 11) is 0. The quantitative estimate of drug-likeness (QED) is 0.868. The van der Waals surface area contributed by atoms with E-state index in [1.807, 2.05) is 24.3 Å². The van der Waals surface area contributed by atoms with E-state index in [2.05, 4.69) is 31.2 Å². The number of hydrogen-bond donors (Lipinski definition) is 2. The van der Waals surface area contributed by atoms with E-state index >= 15 is 0 Å². The van der Waals surface area contributed by atoms with Crippen LogP contribution in [0.5, 0.6) is 0 Å². The van der Waals surface area contributed by atoms with Crippen LogP contribution in [0.3, 0.4) is 0 Å². The third-order valence-corrected chi connectivity index (χ3v) is 5.20. The summed E-state index contributed by atoms with van der Waals surface area (Å²) in [5.41, 5.74) is 4.20. The number of carbonyl (C=O) groups is 1. The molecule has 0 spiro atoms. The maximum Gasteiger partial charge on any atom is 0.253 e. The van der Waals surface area contributed by atoms with Crippen LogP contribution in [0, 0.1) is 5.92 Å². The van der Waals surface area contributed by atoms with Gasteiger partial charge in [-0.2, -0.15) is 0 Å². The summed E-state index contributed by atoms with van der Waals surface area (Å²) in [4.78, 5) is 14.3. The van der Waals surface area contributed by atoms with Crippen molar-refractivity contribution < 1.29 is 15.0 Å². The molecule has 2 aromatic carbocycles. The minimum Gasteiger partial charge on any atom is -0.396 e. The molecular weight excluding hydrogens is 326 g/mol. The van der Waals surface area contributed by atoms with Gasteiger partial charge in [-0.25, -0.2) is 0 Å². The number of hydrogen-bond acceptors (Lipinski definition) is 3. The largest absolute Gasteiger partial charge is 0.396 e. The Kier molecular flexibility index (Phi) is 6.07. The second-order valence-electron chi connectivity index (χ2n) is 7.07. The normalized spacial score (nSPS) is 20.2. The van der Waals surface area contributed by atoms with Crippen LogP contribution in [0.1, 0.15) is 35.7 Å². The van der Waals surface area contributed by atoms with Crippen molar-refractivity contribution in [1.82, 2.24) is 4.90 Å². The number of rotatable bonds is 5. The summed E-state index contributed by atoms with van der Waals surface area (Å²) in [5, 5.41) is 19.3. The third-order valence-electron chi connectivity index (χ3n) is 5.20. The fourth-order valence-electron chi connectivity index (χ4n) is 3.52. The van der Waals surface area contributed by atoms with Crippen molar-refractivity contribution in [1.29, 1.82) is 0 Å². The van der Waals surface area contributed by atoms with E-state index in [9.17, 15) is 15.0 Å². The lowest BCUT2D eigenvalue weighted by molar-refractivity contribution is 0.000878. The molecule has 1 aliphatic rings. The lowest BCUT2D eigenvalue weighted by atomic mass is 9.94. The van der Waals surface area contributed by atoms with Gasteiger partial charge in [0, 0.05) is 31.2 Å². The molecule has 3 rings (SSSR count). The van der Waals surface area contributed by atoms with Gasteiger partial charge in [0.15, 0.2) is 0 Å². The maximum atomic E-state index is 12.7. The number of piperidine rings is 1. The van der Waals surface area contributed by atoms with Crippen molar-refractivity contribution in [2.45, 2.75) is 32.3 Å². The third kappa shape index (κ3) is 4.14. The number of nitrogens with zero attached hydrogens (tertiary/aromatic N) is 1. The van der Waals surface area contributed by atoms with Crippen molar-refractivity contribution in [2.24, 2.45) is 5.92 Å². The zero-order valence-electron chi connectivity index (χ0n) is 15.3. The predicted molar refractivity (Wildman–Crippen MR) is 103 cm³/mol. The van der Waals surface area contributed by atoms with Gasteiger partial charge < -0.3 is 15.1 Å². The van der Waals surface area contributed by atoms with Crippen molar-refractivity contribution in [3.63, 3.8) is 0 Å². The molecule has 4 heteroatoms. The molecule has 1 saturated heterocycles. The molecule has 26 heavy (non-hydrogen) atoms. The molecule has 4 nitrogen and oxygen atoms in total. The molecule has 0 saturated carbocycles. The minimum atomic E-state index is -0.654. The molecule has 1 aliphatic heterocycles. The number of aliphatic hydroxyl groups excluding tert-OH is 2. The molecule has 2 N–H and O–H groups in total. The Labute approximate surface area is 155 Å². The summed E-state index contributed by atoms with van der Waals surface area (Å²) < 4.78 is 0. The number of amides is 1. The van der Waals surface area contributed by atoms with Gasteiger partial charge in [0.05, 0.1) is 6.10 Å². The fraction of sp³-hybridized carbons (Fsp3) is 0.409. The summed E-state index contributed by atoms with van der Waals surface area (Å²) in [6, 6.07) is 16.2. The van der Waals surface area contributed by atoms with Crippen molar-refractivity contribution in [3.05, 3.63) is 59.7 Å². The van der Waals surface area contributed by atoms with Crippen LogP contribution in [-0.4, -0.2) is 46.8 Å². The van der Waals surface area contributed by atoms with E-state index in [4.69, 9.17) is 0 Å². The van der Waals surface area contributed by atoms with Crippen LogP contribution in [0.25, 0.3) is 11.1 Å². The van der Waals surface area contributed by atoms with Gasteiger partial charge in [-0.05, 0) is 41.7 Å².